The quantitative estimate of drug-likeness (QED) is 0.595. The molecule has 0 aliphatic carbocycles. The summed E-state index contributed by atoms with van der Waals surface area (Å²) in [6.45, 7) is 8.53. The topological polar surface area (TPSA) is 34.1 Å². The molecule has 0 radical (unpaired) electrons. The molecule has 0 atom stereocenters. The lowest BCUT2D eigenvalue weighted by Crippen LogP contribution is -2.20. The van der Waals surface area contributed by atoms with Gasteiger partial charge in [-0.1, -0.05) is 13.8 Å². The van der Waals surface area contributed by atoms with Crippen LogP contribution in [0.2, 0.25) is 0 Å². The first-order valence-corrected chi connectivity index (χ1v) is 7.96. The summed E-state index contributed by atoms with van der Waals surface area (Å²) in [6.07, 6.45) is 9.58. The van der Waals surface area contributed by atoms with Crippen LogP contribution in [-0.2, 0) is 11.2 Å². The predicted molar refractivity (Wildman–Crippen MR) is 84.9 cm³/mol. The molecule has 3 nitrogen and oxygen atoms in total. The molecule has 0 spiro atoms. The van der Waals surface area contributed by atoms with Crippen LogP contribution in [0.15, 0.2) is 24.5 Å². The van der Waals surface area contributed by atoms with Gasteiger partial charge in [0.25, 0.3) is 0 Å². The molecule has 0 amide bonds. The number of rotatable bonds is 12. The van der Waals surface area contributed by atoms with Crippen molar-refractivity contribution >= 4 is 0 Å². The number of aromatic nitrogens is 1. The van der Waals surface area contributed by atoms with Crippen molar-refractivity contribution in [1.29, 1.82) is 0 Å². The van der Waals surface area contributed by atoms with Gasteiger partial charge in [-0.25, -0.2) is 0 Å². The Kier molecular flexibility index (Phi) is 10.2. The van der Waals surface area contributed by atoms with Crippen LogP contribution in [0.4, 0.5) is 0 Å². The van der Waals surface area contributed by atoms with Gasteiger partial charge in [0.1, 0.15) is 0 Å². The first-order chi connectivity index (χ1) is 9.79. The Bertz CT molecular complexity index is 314. The van der Waals surface area contributed by atoms with Crippen LogP contribution in [-0.4, -0.2) is 31.3 Å². The van der Waals surface area contributed by atoms with Gasteiger partial charge < -0.3 is 10.1 Å². The molecule has 0 bridgehead atoms. The summed E-state index contributed by atoms with van der Waals surface area (Å²) in [5.74, 6) is 0.749. The third-order valence-corrected chi connectivity index (χ3v) is 3.20. The normalized spacial score (nSPS) is 11.2. The van der Waals surface area contributed by atoms with E-state index in [4.69, 9.17) is 4.74 Å². The lowest BCUT2D eigenvalue weighted by molar-refractivity contribution is 0.128. The summed E-state index contributed by atoms with van der Waals surface area (Å²) < 4.78 is 5.66. The van der Waals surface area contributed by atoms with Crippen molar-refractivity contribution in [1.82, 2.24) is 10.3 Å². The first kappa shape index (κ1) is 17.1. The molecule has 1 rings (SSSR count). The zero-order chi connectivity index (χ0) is 14.5. The van der Waals surface area contributed by atoms with Crippen LogP contribution in [0.1, 0.15) is 45.1 Å². The average Bonchev–Trinajstić information content (AvgIpc) is 2.45. The van der Waals surface area contributed by atoms with Crippen molar-refractivity contribution < 1.29 is 4.74 Å². The van der Waals surface area contributed by atoms with Crippen LogP contribution >= 0.6 is 0 Å². The van der Waals surface area contributed by atoms with Crippen LogP contribution in [0.5, 0.6) is 0 Å². The summed E-state index contributed by atoms with van der Waals surface area (Å²) in [5.41, 5.74) is 1.35. The Morgan fingerprint density at radius 2 is 1.80 bits per heavy atom. The van der Waals surface area contributed by atoms with E-state index in [0.29, 0.717) is 0 Å². The molecule has 0 aliphatic rings. The van der Waals surface area contributed by atoms with E-state index in [1.54, 1.807) is 0 Å². The Morgan fingerprint density at radius 1 is 1.05 bits per heavy atom. The number of pyridine rings is 1. The largest absolute Gasteiger partial charge is 0.381 e. The number of hydrogen-bond donors (Lipinski definition) is 1. The molecule has 0 fully saturated rings. The van der Waals surface area contributed by atoms with E-state index in [9.17, 15) is 0 Å². The minimum absolute atomic E-state index is 0.749. The summed E-state index contributed by atoms with van der Waals surface area (Å²) in [7, 11) is 0. The van der Waals surface area contributed by atoms with Crippen molar-refractivity contribution in [2.45, 2.75) is 46.0 Å². The molecule has 1 heterocycles. The Balaban J connectivity index is 1.79. The number of ether oxygens (including phenoxy) is 1. The standard InChI is InChI=1S/C17H30N2O/c1-16(2)15-19-10-4-3-5-13-20-14-6-7-17-8-11-18-12-9-17/h8-9,11-12,16,19H,3-7,10,13-15H2,1-2H3. The molecular formula is C17H30N2O. The van der Waals surface area contributed by atoms with E-state index in [0.717, 1.165) is 45.1 Å². The summed E-state index contributed by atoms with van der Waals surface area (Å²) in [6, 6.07) is 4.15. The van der Waals surface area contributed by atoms with Gasteiger partial charge in [-0.2, -0.15) is 0 Å². The third-order valence-electron chi connectivity index (χ3n) is 3.20. The van der Waals surface area contributed by atoms with E-state index < -0.39 is 0 Å². The Morgan fingerprint density at radius 3 is 2.55 bits per heavy atom. The maximum atomic E-state index is 5.66. The van der Waals surface area contributed by atoms with E-state index in [1.807, 2.05) is 12.4 Å². The molecule has 0 saturated carbocycles. The molecular weight excluding hydrogens is 248 g/mol. The second-order valence-corrected chi connectivity index (χ2v) is 5.73. The molecule has 0 unspecified atom stereocenters. The molecule has 0 saturated heterocycles. The van der Waals surface area contributed by atoms with Crippen molar-refractivity contribution in [2.75, 3.05) is 26.3 Å². The zero-order valence-electron chi connectivity index (χ0n) is 13.1. The van der Waals surface area contributed by atoms with E-state index >= 15 is 0 Å². The highest BCUT2D eigenvalue weighted by Gasteiger charge is 1.95. The molecule has 0 aliphatic heterocycles. The minimum Gasteiger partial charge on any atom is -0.381 e. The van der Waals surface area contributed by atoms with Crippen molar-refractivity contribution in [3.8, 4) is 0 Å². The fourth-order valence-electron chi connectivity index (χ4n) is 2.05. The zero-order valence-corrected chi connectivity index (χ0v) is 13.1. The van der Waals surface area contributed by atoms with Crippen molar-refractivity contribution in [2.24, 2.45) is 5.92 Å². The van der Waals surface area contributed by atoms with Gasteiger partial charge >= 0.3 is 0 Å². The smallest absolute Gasteiger partial charge is 0.0469 e. The second kappa shape index (κ2) is 11.9. The maximum absolute atomic E-state index is 5.66. The van der Waals surface area contributed by atoms with Crippen molar-refractivity contribution in [3.05, 3.63) is 30.1 Å². The number of hydrogen-bond acceptors (Lipinski definition) is 3. The number of unbranched alkanes of at least 4 members (excludes halogenated alkanes) is 2. The summed E-state index contributed by atoms with van der Waals surface area (Å²) >= 11 is 0. The highest BCUT2D eigenvalue weighted by molar-refractivity contribution is 5.09. The van der Waals surface area contributed by atoms with Gasteiger partial charge in [-0.3, -0.25) is 4.98 Å². The van der Waals surface area contributed by atoms with E-state index in [1.165, 1.54) is 24.8 Å². The SMILES string of the molecule is CC(C)CNCCCCCOCCCc1ccncc1. The van der Waals surface area contributed by atoms with Crippen LogP contribution < -0.4 is 5.32 Å². The van der Waals surface area contributed by atoms with E-state index in [2.05, 4.69) is 36.3 Å². The van der Waals surface area contributed by atoms with Gasteiger partial charge in [0.05, 0.1) is 0 Å². The second-order valence-electron chi connectivity index (χ2n) is 5.73. The van der Waals surface area contributed by atoms with Gasteiger partial charge in [-0.15, -0.1) is 0 Å². The van der Waals surface area contributed by atoms with Crippen LogP contribution in [0, 0.1) is 5.92 Å². The lowest BCUT2D eigenvalue weighted by atomic mass is 10.1. The molecule has 1 N–H and O–H groups in total. The van der Waals surface area contributed by atoms with Gasteiger partial charge in [0.2, 0.25) is 0 Å². The van der Waals surface area contributed by atoms with Gasteiger partial charge in [0, 0.05) is 25.6 Å². The predicted octanol–water partition coefficient (Wildman–Crippen LogP) is 3.45. The average molecular weight is 278 g/mol. The fourth-order valence-corrected chi connectivity index (χ4v) is 2.05. The maximum Gasteiger partial charge on any atom is 0.0469 e. The Hall–Kier alpha value is -0.930. The third kappa shape index (κ3) is 9.93. The van der Waals surface area contributed by atoms with E-state index in [-0.39, 0.29) is 0 Å². The lowest BCUT2D eigenvalue weighted by Gasteiger charge is -2.07. The minimum atomic E-state index is 0.749. The van der Waals surface area contributed by atoms with Gasteiger partial charge in [-0.05, 0) is 68.8 Å². The molecule has 1 aromatic rings. The fraction of sp³-hybridized carbons (Fsp3) is 0.706. The number of aryl methyl sites for hydroxylation is 1. The van der Waals surface area contributed by atoms with Crippen LogP contribution in [0.25, 0.3) is 0 Å². The highest BCUT2D eigenvalue weighted by atomic mass is 16.5. The van der Waals surface area contributed by atoms with Gasteiger partial charge in [0.15, 0.2) is 0 Å². The molecule has 1 aromatic heterocycles. The molecule has 20 heavy (non-hydrogen) atoms. The Labute approximate surface area is 124 Å². The summed E-state index contributed by atoms with van der Waals surface area (Å²) in [4.78, 5) is 4.02. The summed E-state index contributed by atoms with van der Waals surface area (Å²) in [5, 5.41) is 3.47. The number of nitrogens with one attached hydrogen (secondary N) is 1. The monoisotopic (exact) mass is 278 g/mol. The molecule has 0 aromatic carbocycles. The van der Waals surface area contributed by atoms with Crippen LogP contribution in [0.3, 0.4) is 0 Å². The number of nitrogens with zero attached hydrogens (tertiary/aromatic N) is 1. The molecule has 114 valence electrons. The highest BCUT2D eigenvalue weighted by Crippen LogP contribution is 2.02. The molecule has 3 heteroatoms. The van der Waals surface area contributed by atoms with Crippen molar-refractivity contribution in [3.63, 3.8) is 0 Å². The first-order valence-electron chi connectivity index (χ1n) is 7.96.